The third-order valence-corrected chi connectivity index (χ3v) is 5.34. The summed E-state index contributed by atoms with van der Waals surface area (Å²) < 4.78 is 1.80. The van der Waals surface area contributed by atoms with Gasteiger partial charge in [-0.3, -0.25) is 14.2 Å². The number of carbonyl (C=O) groups is 1. The monoisotopic (exact) mass is 361 g/mol. The molecule has 1 aromatic heterocycles. The van der Waals surface area contributed by atoms with Crippen molar-refractivity contribution in [3.8, 4) is 0 Å². The molecular weight excluding hydrogens is 338 g/mol. The second-order valence-corrected chi connectivity index (χ2v) is 7.28. The molecule has 5 heteroatoms. The predicted molar refractivity (Wildman–Crippen MR) is 107 cm³/mol. The molecular formula is C22H23N3O2. The Kier molecular flexibility index (Phi) is 4.52. The fourth-order valence-electron chi connectivity index (χ4n) is 3.58. The van der Waals surface area contributed by atoms with Gasteiger partial charge < -0.3 is 5.32 Å². The number of fused-ring (bicyclic) bond motifs is 2. The van der Waals surface area contributed by atoms with Gasteiger partial charge >= 0.3 is 0 Å². The van der Waals surface area contributed by atoms with Crippen LogP contribution < -0.4 is 10.9 Å². The molecule has 5 nitrogen and oxygen atoms in total. The molecule has 0 unspecified atom stereocenters. The van der Waals surface area contributed by atoms with E-state index in [-0.39, 0.29) is 11.5 Å². The van der Waals surface area contributed by atoms with Crippen molar-refractivity contribution < 1.29 is 4.79 Å². The first-order valence-corrected chi connectivity index (χ1v) is 9.45. The third-order valence-electron chi connectivity index (χ3n) is 5.34. The zero-order valence-electron chi connectivity index (χ0n) is 15.7. The van der Waals surface area contributed by atoms with Crippen molar-refractivity contribution in [1.29, 1.82) is 0 Å². The highest BCUT2D eigenvalue weighted by Gasteiger charge is 2.15. The summed E-state index contributed by atoms with van der Waals surface area (Å²) >= 11 is 0. The van der Waals surface area contributed by atoms with E-state index in [0.29, 0.717) is 16.5 Å². The fraction of sp³-hybridized carbons (Fsp3) is 0.318. The van der Waals surface area contributed by atoms with E-state index in [0.717, 1.165) is 49.3 Å². The second-order valence-electron chi connectivity index (χ2n) is 7.28. The van der Waals surface area contributed by atoms with Crippen LogP contribution in [0.1, 0.15) is 46.6 Å². The third kappa shape index (κ3) is 3.37. The van der Waals surface area contributed by atoms with E-state index in [9.17, 15) is 9.59 Å². The zero-order valence-corrected chi connectivity index (χ0v) is 15.7. The first-order valence-electron chi connectivity index (χ1n) is 9.45. The molecule has 0 saturated heterocycles. The molecule has 0 spiro atoms. The van der Waals surface area contributed by atoms with Crippen LogP contribution in [0, 0.1) is 13.8 Å². The minimum Gasteiger partial charge on any atom is -0.322 e. The van der Waals surface area contributed by atoms with Gasteiger partial charge in [-0.05, 0) is 68.1 Å². The molecule has 3 aromatic rings. The van der Waals surface area contributed by atoms with E-state index < -0.39 is 0 Å². The van der Waals surface area contributed by atoms with Crippen LogP contribution in [0.3, 0.4) is 0 Å². The van der Waals surface area contributed by atoms with E-state index >= 15 is 0 Å². The number of amides is 1. The molecule has 0 bridgehead atoms. The highest BCUT2D eigenvalue weighted by atomic mass is 16.1. The maximum atomic E-state index is 12.8. The predicted octanol–water partition coefficient (Wildman–Crippen LogP) is 3.99. The van der Waals surface area contributed by atoms with Crippen molar-refractivity contribution in [2.24, 2.45) is 0 Å². The molecule has 1 aliphatic heterocycles. The second kappa shape index (κ2) is 6.99. The number of nitrogens with zero attached hydrogens (tertiary/aromatic N) is 2. The Morgan fingerprint density at radius 2 is 1.89 bits per heavy atom. The smallest absolute Gasteiger partial charge is 0.261 e. The van der Waals surface area contributed by atoms with Crippen LogP contribution in [0.5, 0.6) is 0 Å². The van der Waals surface area contributed by atoms with Gasteiger partial charge in [0.25, 0.3) is 11.5 Å². The van der Waals surface area contributed by atoms with Crippen molar-refractivity contribution in [3.05, 3.63) is 69.3 Å². The molecule has 1 amide bonds. The normalized spacial score (nSPS) is 13.9. The van der Waals surface area contributed by atoms with Crippen LogP contribution in [0.15, 0.2) is 41.2 Å². The summed E-state index contributed by atoms with van der Waals surface area (Å²) in [5, 5.41) is 3.50. The summed E-state index contributed by atoms with van der Waals surface area (Å²) in [4.78, 5) is 30.1. The summed E-state index contributed by atoms with van der Waals surface area (Å²) in [5.74, 6) is 0.633. The summed E-state index contributed by atoms with van der Waals surface area (Å²) in [6.07, 6.45) is 3.98. The molecule has 4 rings (SSSR count). The van der Waals surface area contributed by atoms with E-state index in [2.05, 4.69) is 5.32 Å². The lowest BCUT2D eigenvalue weighted by atomic mass is 10.1. The molecule has 1 aliphatic rings. The Balaban J connectivity index is 1.69. The number of carbonyl (C=O) groups excluding carboxylic acids is 1. The molecule has 0 fully saturated rings. The molecule has 27 heavy (non-hydrogen) atoms. The Labute approximate surface area is 158 Å². The van der Waals surface area contributed by atoms with Gasteiger partial charge in [0.05, 0.1) is 10.9 Å². The summed E-state index contributed by atoms with van der Waals surface area (Å²) in [6, 6.07) is 11.0. The Bertz CT molecular complexity index is 1100. The lowest BCUT2D eigenvalue weighted by molar-refractivity contribution is 0.102. The zero-order chi connectivity index (χ0) is 19.0. The summed E-state index contributed by atoms with van der Waals surface area (Å²) in [6.45, 7) is 4.79. The van der Waals surface area contributed by atoms with E-state index in [1.807, 2.05) is 32.0 Å². The number of hydrogen-bond donors (Lipinski definition) is 1. The molecule has 2 aromatic carbocycles. The number of benzene rings is 2. The van der Waals surface area contributed by atoms with Gasteiger partial charge in [-0.1, -0.05) is 12.5 Å². The summed E-state index contributed by atoms with van der Waals surface area (Å²) in [7, 11) is 0. The Hall–Kier alpha value is -2.95. The fourth-order valence-corrected chi connectivity index (χ4v) is 3.58. The van der Waals surface area contributed by atoms with Crippen LogP contribution in [-0.2, 0) is 13.0 Å². The van der Waals surface area contributed by atoms with Gasteiger partial charge in [0.2, 0.25) is 0 Å². The number of hydrogen-bond acceptors (Lipinski definition) is 3. The van der Waals surface area contributed by atoms with Crippen molar-refractivity contribution in [2.75, 3.05) is 5.32 Å². The van der Waals surface area contributed by atoms with Gasteiger partial charge in [-0.2, -0.15) is 0 Å². The van der Waals surface area contributed by atoms with Crippen LogP contribution in [0.4, 0.5) is 5.69 Å². The van der Waals surface area contributed by atoms with Crippen molar-refractivity contribution in [1.82, 2.24) is 9.55 Å². The minimum absolute atomic E-state index is 0.00184. The van der Waals surface area contributed by atoms with Crippen molar-refractivity contribution in [3.63, 3.8) is 0 Å². The van der Waals surface area contributed by atoms with Crippen LogP contribution in [0.2, 0.25) is 0 Å². The van der Waals surface area contributed by atoms with E-state index in [4.69, 9.17) is 4.98 Å². The van der Waals surface area contributed by atoms with E-state index in [1.165, 1.54) is 5.56 Å². The molecule has 0 aliphatic carbocycles. The molecule has 138 valence electrons. The maximum Gasteiger partial charge on any atom is 0.261 e. The standard InChI is InChI=1S/C22H23N3O2/c1-14-7-9-17(12-15(14)2)23-21(26)16-8-10-18-19(13-16)24-20-6-4-3-5-11-25(20)22(18)27/h7-10,12-13H,3-6,11H2,1-2H3,(H,23,26). The van der Waals surface area contributed by atoms with Crippen LogP contribution in [-0.4, -0.2) is 15.5 Å². The van der Waals surface area contributed by atoms with Crippen molar-refractivity contribution >= 4 is 22.5 Å². The van der Waals surface area contributed by atoms with Gasteiger partial charge in [-0.15, -0.1) is 0 Å². The average molecular weight is 361 g/mol. The topological polar surface area (TPSA) is 64.0 Å². The quantitative estimate of drug-likeness (QED) is 0.750. The lowest BCUT2D eigenvalue weighted by Crippen LogP contribution is -2.24. The minimum atomic E-state index is -0.197. The average Bonchev–Trinajstić information content (AvgIpc) is 2.90. The van der Waals surface area contributed by atoms with Gasteiger partial charge in [0.1, 0.15) is 5.82 Å². The first kappa shape index (κ1) is 17.5. The Morgan fingerprint density at radius 1 is 1.04 bits per heavy atom. The number of aromatic nitrogens is 2. The SMILES string of the molecule is Cc1ccc(NC(=O)c2ccc3c(=O)n4c(nc3c2)CCCCC4)cc1C. The van der Waals surface area contributed by atoms with Gasteiger partial charge in [0, 0.05) is 24.2 Å². The Morgan fingerprint density at radius 3 is 2.70 bits per heavy atom. The maximum absolute atomic E-state index is 12.8. The number of anilines is 1. The lowest BCUT2D eigenvalue weighted by Gasteiger charge is -2.11. The van der Waals surface area contributed by atoms with Crippen LogP contribution >= 0.6 is 0 Å². The largest absolute Gasteiger partial charge is 0.322 e. The van der Waals surface area contributed by atoms with Crippen LogP contribution in [0.25, 0.3) is 10.9 Å². The molecule has 2 heterocycles. The van der Waals surface area contributed by atoms with Gasteiger partial charge in [0.15, 0.2) is 0 Å². The number of rotatable bonds is 2. The highest BCUT2D eigenvalue weighted by molar-refractivity contribution is 6.06. The van der Waals surface area contributed by atoms with Gasteiger partial charge in [-0.25, -0.2) is 4.98 Å². The van der Waals surface area contributed by atoms with E-state index in [1.54, 1.807) is 22.8 Å². The summed E-state index contributed by atoms with van der Waals surface area (Å²) in [5.41, 5.74) is 4.18. The molecule has 0 radical (unpaired) electrons. The number of aryl methyl sites for hydroxylation is 3. The highest BCUT2D eigenvalue weighted by Crippen LogP contribution is 2.18. The molecule has 0 atom stereocenters. The molecule has 0 saturated carbocycles. The van der Waals surface area contributed by atoms with Crippen molar-refractivity contribution in [2.45, 2.75) is 46.1 Å². The molecule has 1 N–H and O–H groups in total. The number of nitrogens with one attached hydrogen (secondary N) is 1. The first-order chi connectivity index (χ1) is 13.0.